The minimum Gasteiger partial charge on any atom is -0.303 e. The third-order valence-electron chi connectivity index (χ3n) is 5.17. The highest BCUT2D eigenvalue weighted by atomic mass is 32.2. The van der Waals surface area contributed by atoms with Crippen molar-refractivity contribution in [2.45, 2.75) is 63.2 Å². The first kappa shape index (κ1) is 18.5. The van der Waals surface area contributed by atoms with E-state index in [2.05, 4.69) is 18.9 Å². The Balaban J connectivity index is 1.77. The molecular formula is C20H29N3OS. The van der Waals surface area contributed by atoms with Crippen molar-refractivity contribution in [3.05, 3.63) is 34.6 Å². The van der Waals surface area contributed by atoms with Gasteiger partial charge >= 0.3 is 0 Å². The van der Waals surface area contributed by atoms with Gasteiger partial charge in [-0.05, 0) is 51.4 Å². The highest BCUT2D eigenvalue weighted by Crippen LogP contribution is 2.23. The lowest BCUT2D eigenvalue weighted by molar-refractivity contribution is 0.182. The summed E-state index contributed by atoms with van der Waals surface area (Å²) in [7, 11) is 2.24. The van der Waals surface area contributed by atoms with E-state index in [1.807, 2.05) is 28.8 Å². The molecule has 0 bridgehead atoms. The van der Waals surface area contributed by atoms with Gasteiger partial charge in [-0.1, -0.05) is 43.7 Å². The maximum atomic E-state index is 12.9. The van der Waals surface area contributed by atoms with Gasteiger partial charge in [-0.3, -0.25) is 9.36 Å². The highest BCUT2D eigenvalue weighted by molar-refractivity contribution is 7.99. The van der Waals surface area contributed by atoms with Gasteiger partial charge in [-0.25, -0.2) is 4.98 Å². The van der Waals surface area contributed by atoms with E-state index in [1.165, 1.54) is 25.8 Å². The van der Waals surface area contributed by atoms with Crippen molar-refractivity contribution in [1.82, 2.24) is 14.5 Å². The summed E-state index contributed by atoms with van der Waals surface area (Å²) in [5, 5.41) is 1.62. The first-order valence-corrected chi connectivity index (χ1v) is 10.5. The molecule has 2 aromatic rings. The molecule has 2 heterocycles. The molecule has 1 unspecified atom stereocenters. The van der Waals surface area contributed by atoms with Gasteiger partial charge in [0.05, 0.1) is 10.9 Å². The van der Waals surface area contributed by atoms with E-state index in [0.717, 1.165) is 47.6 Å². The van der Waals surface area contributed by atoms with E-state index in [9.17, 15) is 4.79 Å². The maximum absolute atomic E-state index is 12.9. The van der Waals surface area contributed by atoms with Gasteiger partial charge in [0.15, 0.2) is 5.16 Å². The van der Waals surface area contributed by atoms with E-state index in [0.29, 0.717) is 6.04 Å². The summed E-state index contributed by atoms with van der Waals surface area (Å²) < 4.78 is 1.89. The second-order valence-electron chi connectivity index (χ2n) is 6.99. The molecule has 1 atom stereocenters. The lowest BCUT2D eigenvalue weighted by atomic mass is 10.0. The van der Waals surface area contributed by atoms with Gasteiger partial charge in [-0.2, -0.15) is 0 Å². The number of hydrogen-bond acceptors (Lipinski definition) is 4. The number of aromatic nitrogens is 2. The van der Waals surface area contributed by atoms with E-state index in [-0.39, 0.29) is 5.56 Å². The Labute approximate surface area is 154 Å². The zero-order valence-electron chi connectivity index (χ0n) is 15.4. The van der Waals surface area contributed by atoms with Crippen LogP contribution < -0.4 is 5.56 Å². The fourth-order valence-corrected chi connectivity index (χ4v) is 4.63. The highest BCUT2D eigenvalue weighted by Gasteiger charge is 2.19. The molecule has 4 nitrogen and oxygen atoms in total. The Hall–Kier alpha value is -1.33. The monoisotopic (exact) mass is 359 g/mol. The van der Waals surface area contributed by atoms with Crippen molar-refractivity contribution in [1.29, 1.82) is 0 Å². The van der Waals surface area contributed by atoms with Gasteiger partial charge in [-0.15, -0.1) is 0 Å². The lowest BCUT2D eigenvalue weighted by Crippen LogP contribution is -2.36. The van der Waals surface area contributed by atoms with E-state index in [4.69, 9.17) is 4.98 Å². The van der Waals surface area contributed by atoms with Crippen LogP contribution in [0.25, 0.3) is 10.9 Å². The first-order valence-electron chi connectivity index (χ1n) is 9.53. The summed E-state index contributed by atoms with van der Waals surface area (Å²) in [6.45, 7) is 4.13. The number of para-hydroxylation sites is 1. The molecule has 136 valence electrons. The molecule has 0 spiro atoms. The van der Waals surface area contributed by atoms with Gasteiger partial charge < -0.3 is 4.90 Å². The minimum atomic E-state index is 0.108. The average molecular weight is 360 g/mol. The normalized spacial score (nSPS) is 18.7. The standard InChI is InChI=1S/C20H29N3OS/c1-3-4-14-23-19(24)17-10-5-6-11-18(17)21-20(23)25-15-12-16-9-7-8-13-22(16)2/h5-6,10-11,16H,3-4,7-9,12-15H2,1-2H3. The summed E-state index contributed by atoms with van der Waals surface area (Å²) in [5.41, 5.74) is 0.925. The summed E-state index contributed by atoms with van der Waals surface area (Å²) >= 11 is 1.75. The zero-order chi connectivity index (χ0) is 17.6. The van der Waals surface area contributed by atoms with Crippen LogP contribution >= 0.6 is 11.8 Å². The Morgan fingerprint density at radius 2 is 2.12 bits per heavy atom. The van der Waals surface area contributed by atoms with Crippen molar-refractivity contribution in [2.24, 2.45) is 0 Å². The van der Waals surface area contributed by atoms with Crippen LogP contribution in [0.1, 0.15) is 45.4 Å². The van der Waals surface area contributed by atoms with Gasteiger partial charge in [0, 0.05) is 18.3 Å². The van der Waals surface area contributed by atoms with Crippen molar-refractivity contribution in [2.75, 3.05) is 19.3 Å². The van der Waals surface area contributed by atoms with Gasteiger partial charge in [0.2, 0.25) is 0 Å². The number of thioether (sulfide) groups is 1. The fraction of sp³-hybridized carbons (Fsp3) is 0.600. The van der Waals surface area contributed by atoms with E-state index >= 15 is 0 Å². The number of hydrogen-bond donors (Lipinski definition) is 0. The van der Waals surface area contributed by atoms with E-state index < -0.39 is 0 Å². The molecule has 1 aromatic heterocycles. The zero-order valence-corrected chi connectivity index (χ0v) is 16.2. The Morgan fingerprint density at radius 1 is 1.28 bits per heavy atom. The Bertz CT molecular complexity index is 758. The van der Waals surface area contributed by atoms with Crippen LogP contribution in [-0.2, 0) is 6.54 Å². The summed E-state index contributed by atoms with van der Waals surface area (Å²) in [5.74, 6) is 1.02. The molecule has 0 amide bonds. The smallest absolute Gasteiger partial charge is 0.262 e. The topological polar surface area (TPSA) is 38.1 Å². The SMILES string of the molecule is CCCCn1c(SCCC2CCCCN2C)nc2ccccc2c1=O. The van der Waals surface area contributed by atoms with Crippen molar-refractivity contribution in [3.63, 3.8) is 0 Å². The summed E-state index contributed by atoms with van der Waals surface area (Å²) in [6.07, 6.45) is 7.22. The molecule has 25 heavy (non-hydrogen) atoms. The predicted molar refractivity (Wildman–Crippen MR) is 107 cm³/mol. The summed E-state index contributed by atoms with van der Waals surface area (Å²) in [6, 6.07) is 8.38. The molecule has 3 rings (SSSR count). The number of likely N-dealkylation sites (tertiary alicyclic amines) is 1. The van der Waals surface area contributed by atoms with Crippen LogP contribution in [0.4, 0.5) is 0 Å². The molecule has 0 aliphatic carbocycles. The first-order chi connectivity index (χ1) is 12.2. The molecule has 0 N–H and O–H groups in total. The molecule has 0 radical (unpaired) electrons. The van der Waals surface area contributed by atoms with Crippen LogP contribution in [0.15, 0.2) is 34.2 Å². The van der Waals surface area contributed by atoms with Crippen molar-refractivity contribution >= 4 is 22.7 Å². The quantitative estimate of drug-likeness (QED) is 0.549. The van der Waals surface area contributed by atoms with Crippen LogP contribution in [0, 0.1) is 0 Å². The average Bonchev–Trinajstić information content (AvgIpc) is 2.63. The van der Waals surface area contributed by atoms with Gasteiger partial charge in [0.1, 0.15) is 0 Å². The number of fused-ring (bicyclic) bond motifs is 1. The molecule has 5 heteroatoms. The molecule has 1 aliphatic rings. The van der Waals surface area contributed by atoms with Crippen LogP contribution in [0.2, 0.25) is 0 Å². The second kappa shape index (κ2) is 8.86. The van der Waals surface area contributed by atoms with Gasteiger partial charge in [0.25, 0.3) is 5.56 Å². The molecule has 1 aliphatic heterocycles. The number of unbranched alkanes of at least 4 members (excludes halogenated alkanes) is 1. The van der Waals surface area contributed by atoms with Crippen molar-refractivity contribution in [3.8, 4) is 0 Å². The van der Waals surface area contributed by atoms with Crippen molar-refractivity contribution < 1.29 is 0 Å². The number of nitrogens with zero attached hydrogens (tertiary/aromatic N) is 3. The fourth-order valence-electron chi connectivity index (χ4n) is 3.57. The molecule has 1 saturated heterocycles. The summed E-state index contributed by atoms with van der Waals surface area (Å²) in [4.78, 5) is 20.2. The lowest BCUT2D eigenvalue weighted by Gasteiger charge is -2.32. The minimum absolute atomic E-state index is 0.108. The number of benzene rings is 1. The number of piperidine rings is 1. The Morgan fingerprint density at radius 3 is 2.92 bits per heavy atom. The van der Waals surface area contributed by atoms with E-state index in [1.54, 1.807) is 11.8 Å². The Kier molecular flexibility index (Phi) is 6.54. The molecule has 1 fully saturated rings. The predicted octanol–water partition coefficient (Wildman–Crippen LogP) is 4.16. The molecule has 1 aromatic carbocycles. The largest absolute Gasteiger partial charge is 0.303 e. The van der Waals surface area contributed by atoms with Crippen LogP contribution in [0.5, 0.6) is 0 Å². The second-order valence-corrected chi connectivity index (χ2v) is 8.05. The third kappa shape index (κ3) is 4.45. The third-order valence-corrected chi connectivity index (χ3v) is 6.18. The van der Waals surface area contributed by atoms with Crippen LogP contribution in [-0.4, -0.2) is 39.8 Å². The number of rotatable bonds is 7. The molecular weight excluding hydrogens is 330 g/mol. The van der Waals surface area contributed by atoms with Crippen LogP contribution in [0.3, 0.4) is 0 Å². The maximum Gasteiger partial charge on any atom is 0.262 e. The molecule has 0 saturated carbocycles.